The SMILES string of the molecule is Cc1c(C(=O)Nc2ccccc2F)oc2c1/C(=N/NC(=O)c1ccc(-c3ccccc3)cc1)CCC2. The predicted octanol–water partition coefficient (Wildman–Crippen LogP) is 6.12. The van der Waals surface area contributed by atoms with E-state index < -0.39 is 11.7 Å². The lowest BCUT2D eigenvalue weighted by Gasteiger charge is -2.13. The molecule has 3 aromatic carbocycles. The second kappa shape index (κ2) is 10.00. The molecule has 1 aliphatic rings. The first-order valence-electron chi connectivity index (χ1n) is 11.7. The van der Waals surface area contributed by atoms with Crippen LogP contribution < -0.4 is 10.7 Å². The quantitative estimate of drug-likeness (QED) is 0.337. The van der Waals surface area contributed by atoms with Crippen LogP contribution in [0.5, 0.6) is 0 Å². The van der Waals surface area contributed by atoms with Gasteiger partial charge < -0.3 is 9.73 Å². The van der Waals surface area contributed by atoms with Crippen LogP contribution in [-0.2, 0) is 6.42 Å². The maximum atomic E-state index is 14.0. The molecular formula is C29H24FN3O3. The maximum absolute atomic E-state index is 14.0. The van der Waals surface area contributed by atoms with Crippen molar-refractivity contribution < 1.29 is 18.4 Å². The molecule has 2 N–H and O–H groups in total. The average Bonchev–Trinajstić information content (AvgIpc) is 3.26. The summed E-state index contributed by atoms with van der Waals surface area (Å²) in [6, 6.07) is 23.2. The molecule has 7 heteroatoms. The van der Waals surface area contributed by atoms with E-state index in [0.29, 0.717) is 35.4 Å². The van der Waals surface area contributed by atoms with Gasteiger partial charge >= 0.3 is 0 Å². The van der Waals surface area contributed by atoms with Gasteiger partial charge in [-0.05, 0) is 55.2 Å². The first kappa shape index (κ1) is 23.2. The van der Waals surface area contributed by atoms with Crippen LogP contribution >= 0.6 is 0 Å². The minimum Gasteiger partial charge on any atom is -0.455 e. The topological polar surface area (TPSA) is 83.7 Å². The Morgan fingerprint density at radius 2 is 1.56 bits per heavy atom. The van der Waals surface area contributed by atoms with Gasteiger partial charge in [-0.2, -0.15) is 5.10 Å². The normalized spacial score (nSPS) is 13.8. The fraction of sp³-hybridized carbons (Fsp3) is 0.138. The molecule has 180 valence electrons. The molecule has 0 unspecified atom stereocenters. The number of nitrogens with one attached hydrogen (secondary N) is 2. The molecule has 1 aliphatic carbocycles. The summed E-state index contributed by atoms with van der Waals surface area (Å²) >= 11 is 0. The number of halogens is 1. The highest BCUT2D eigenvalue weighted by atomic mass is 19.1. The third-order valence-electron chi connectivity index (χ3n) is 6.20. The molecule has 0 radical (unpaired) electrons. The van der Waals surface area contributed by atoms with Gasteiger partial charge in [0.25, 0.3) is 11.8 Å². The second-order valence-corrected chi connectivity index (χ2v) is 8.58. The van der Waals surface area contributed by atoms with Gasteiger partial charge in [0, 0.05) is 23.1 Å². The number of hydrogen-bond acceptors (Lipinski definition) is 4. The molecule has 0 spiro atoms. The Morgan fingerprint density at radius 3 is 2.31 bits per heavy atom. The number of aryl methyl sites for hydroxylation is 1. The Balaban J connectivity index is 1.33. The van der Waals surface area contributed by atoms with Crippen molar-refractivity contribution in [2.24, 2.45) is 5.10 Å². The molecule has 1 heterocycles. The molecule has 36 heavy (non-hydrogen) atoms. The number of carbonyl (C=O) groups excluding carboxylic acids is 2. The first-order chi connectivity index (χ1) is 17.5. The summed E-state index contributed by atoms with van der Waals surface area (Å²) in [6.45, 7) is 1.77. The van der Waals surface area contributed by atoms with Crippen molar-refractivity contribution >= 4 is 23.2 Å². The standard InChI is InChI=1S/C29H24FN3O3/c1-18-26-24(32-33-28(34)21-16-14-20(15-17-21)19-8-3-2-4-9-19)12-7-13-25(26)36-27(18)29(35)31-23-11-6-5-10-22(23)30/h2-6,8-11,14-17H,7,12-13H2,1H3,(H,31,35)(H,33,34)/b32-24+. The van der Waals surface area contributed by atoms with Crippen LogP contribution in [0.3, 0.4) is 0 Å². The molecule has 0 aliphatic heterocycles. The van der Waals surface area contributed by atoms with Crippen molar-refractivity contribution in [2.75, 3.05) is 5.32 Å². The number of fused-ring (bicyclic) bond motifs is 1. The second-order valence-electron chi connectivity index (χ2n) is 8.58. The van der Waals surface area contributed by atoms with E-state index in [2.05, 4.69) is 15.8 Å². The monoisotopic (exact) mass is 481 g/mol. The lowest BCUT2D eigenvalue weighted by atomic mass is 9.93. The molecule has 2 amide bonds. The van der Waals surface area contributed by atoms with Gasteiger partial charge in [0.05, 0.1) is 11.4 Å². The van der Waals surface area contributed by atoms with Crippen molar-refractivity contribution in [3.05, 3.63) is 113 Å². The van der Waals surface area contributed by atoms with E-state index in [-0.39, 0.29) is 17.4 Å². The van der Waals surface area contributed by atoms with Crippen LogP contribution in [0.2, 0.25) is 0 Å². The van der Waals surface area contributed by atoms with Crippen LogP contribution in [0.25, 0.3) is 11.1 Å². The van der Waals surface area contributed by atoms with Gasteiger partial charge in [0.1, 0.15) is 11.6 Å². The number of hydrazone groups is 1. The number of anilines is 1. The maximum Gasteiger partial charge on any atom is 0.291 e. The Morgan fingerprint density at radius 1 is 0.861 bits per heavy atom. The smallest absolute Gasteiger partial charge is 0.291 e. The van der Waals surface area contributed by atoms with E-state index in [4.69, 9.17) is 4.42 Å². The summed E-state index contributed by atoms with van der Waals surface area (Å²) in [7, 11) is 0. The zero-order chi connectivity index (χ0) is 25.1. The number of nitrogens with zero attached hydrogens (tertiary/aromatic N) is 1. The highest BCUT2D eigenvalue weighted by Crippen LogP contribution is 2.30. The fourth-order valence-corrected chi connectivity index (χ4v) is 4.37. The van der Waals surface area contributed by atoms with Crippen molar-refractivity contribution in [2.45, 2.75) is 26.2 Å². The summed E-state index contributed by atoms with van der Waals surface area (Å²) in [6.07, 6.45) is 2.06. The Kier molecular flexibility index (Phi) is 6.45. The average molecular weight is 482 g/mol. The summed E-state index contributed by atoms with van der Waals surface area (Å²) in [4.78, 5) is 25.6. The Bertz CT molecular complexity index is 1460. The van der Waals surface area contributed by atoms with Crippen molar-refractivity contribution in [1.29, 1.82) is 0 Å². The van der Waals surface area contributed by atoms with E-state index in [1.807, 2.05) is 42.5 Å². The molecule has 0 fully saturated rings. The highest BCUT2D eigenvalue weighted by molar-refractivity contribution is 6.09. The van der Waals surface area contributed by atoms with Gasteiger partial charge in [0.2, 0.25) is 0 Å². The van der Waals surface area contributed by atoms with Gasteiger partial charge in [-0.15, -0.1) is 0 Å². The lowest BCUT2D eigenvalue weighted by molar-refractivity contribution is 0.0953. The van der Waals surface area contributed by atoms with Crippen LogP contribution in [0.15, 0.2) is 88.4 Å². The van der Waals surface area contributed by atoms with Crippen LogP contribution in [0, 0.1) is 12.7 Å². The molecule has 0 bridgehead atoms. The van der Waals surface area contributed by atoms with E-state index >= 15 is 0 Å². The number of rotatable bonds is 5. The molecule has 5 rings (SSSR count). The number of para-hydroxylation sites is 1. The molecule has 0 saturated heterocycles. The van der Waals surface area contributed by atoms with Crippen LogP contribution in [0.4, 0.5) is 10.1 Å². The lowest BCUT2D eigenvalue weighted by Crippen LogP contribution is -2.22. The molecule has 0 atom stereocenters. The van der Waals surface area contributed by atoms with Crippen molar-refractivity contribution in [3.63, 3.8) is 0 Å². The van der Waals surface area contributed by atoms with Crippen LogP contribution in [0.1, 0.15) is 50.6 Å². The number of benzene rings is 3. The summed E-state index contributed by atoms with van der Waals surface area (Å²) in [5.41, 5.74) is 7.28. The third-order valence-corrected chi connectivity index (χ3v) is 6.20. The Labute approximate surface area is 207 Å². The van der Waals surface area contributed by atoms with E-state index in [1.165, 1.54) is 12.1 Å². The molecule has 4 aromatic rings. The largest absolute Gasteiger partial charge is 0.455 e. The third kappa shape index (κ3) is 4.68. The predicted molar refractivity (Wildman–Crippen MR) is 137 cm³/mol. The number of hydrogen-bond donors (Lipinski definition) is 2. The van der Waals surface area contributed by atoms with Gasteiger partial charge in [-0.25, -0.2) is 9.82 Å². The number of carbonyl (C=O) groups is 2. The minimum atomic E-state index is -0.533. The summed E-state index contributed by atoms with van der Waals surface area (Å²) in [5.74, 6) is -0.637. The molecular weight excluding hydrogens is 457 g/mol. The summed E-state index contributed by atoms with van der Waals surface area (Å²) < 4.78 is 19.8. The van der Waals surface area contributed by atoms with Crippen LogP contribution in [-0.4, -0.2) is 17.5 Å². The Hall–Kier alpha value is -4.52. The van der Waals surface area contributed by atoms with E-state index in [1.54, 1.807) is 31.2 Å². The van der Waals surface area contributed by atoms with Gasteiger partial charge in [0.15, 0.2) is 5.76 Å². The number of amides is 2. The molecule has 6 nitrogen and oxygen atoms in total. The van der Waals surface area contributed by atoms with Crippen molar-refractivity contribution in [3.8, 4) is 11.1 Å². The zero-order valence-electron chi connectivity index (χ0n) is 19.7. The highest BCUT2D eigenvalue weighted by Gasteiger charge is 2.28. The number of furan rings is 1. The van der Waals surface area contributed by atoms with Gasteiger partial charge in [-0.3, -0.25) is 9.59 Å². The minimum absolute atomic E-state index is 0.0794. The van der Waals surface area contributed by atoms with Gasteiger partial charge in [-0.1, -0.05) is 54.6 Å². The van der Waals surface area contributed by atoms with E-state index in [9.17, 15) is 14.0 Å². The fourth-order valence-electron chi connectivity index (χ4n) is 4.37. The zero-order valence-corrected chi connectivity index (χ0v) is 19.7. The van der Waals surface area contributed by atoms with Crippen molar-refractivity contribution in [1.82, 2.24) is 5.43 Å². The first-order valence-corrected chi connectivity index (χ1v) is 11.7. The molecule has 1 aromatic heterocycles. The van der Waals surface area contributed by atoms with E-state index in [0.717, 1.165) is 23.1 Å². The summed E-state index contributed by atoms with van der Waals surface area (Å²) in [5, 5.41) is 6.94. The molecule has 0 saturated carbocycles.